The molecule has 0 unspecified atom stereocenters. The molecule has 11 heteroatoms. The number of carbonyl (C=O) groups excluding carboxylic acids is 2. The van der Waals surface area contributed by atoms with Crippen molar-refractivity contribution in [1.29, 1.82) is 0 Å². The molecule has 2 aromatic rings. The number of guanidine groups is 1. The molecule has 0 saturated carbocycles. The van der Waals surface area contributed by atoms with Crippen LogP contribution in [0.1, 0.15) is 18.5 Å². The number of rotatable bonds is 5. The van der Waals surface area contributed by atoms with E-state index in [0.717, 1.165) is 5.69 Å². The average molecular weight is 486 g/mol. The van der Waals surface area contributed by atoms with Gasteiger partial charge in [0.15, 0.2) is 5.92 Å². The van der Waals surface area contributed by atoms with Crippen molar-refractivity contribution in [2.45, 2.75) is 13.0 Å². The van der Waals surface area contributed by atoms with E-state index in [1.807, 2.05) is 29.2 Å². The Bertz CT molecular complexity index is 1110. The lowest BCUT2D eigenvalue weighted by Crippen LogP contribution is -2.57. The van der Waals surface area contributed by atoms with E-state index in [1.54, 1.807) is 13.0 Å². The van der Waals surface area contributed by atoms with E-state index in [4.69, 9.17) is 16.3 Å². The minimum Gasteiger partial charge on any atom is -0.465 e. The Labute approximate surface area is 201 Å². The Morgan fingerprint density at radius 3 is 2.50 bits per heavy atom. The Balaban J connectivity index is 1.59. The highest BCUT2D eigenvalue weighted by molar-refractivity contribution is 6.30. The van der Waals surface area contributed by atoms with Gasteiger partial charge in [-0.15, -0.1) is 0 Å². The van der Waals surface area contributed by atoms with Crippen molar-refractivity contribution in [3.05, 3.63) is 69.2 Å². The van der Waals surface area contributed by atoms with Crippen molar-refractivity contribution in [2.24, 2.45) is 10.9 Å². The van der Waals surface area contributed by atoms with Gasteiger partial charge in [-0.1, -0.05) is 23.7 Å². The number of nitro benzene ring substituents is 1. The Hall–Kier alpha value is -3.66. The molecule has 0 aliphatic carbocycles. The van der Waals surface area contributed by atoms with Gasteiger partial charge in [0, 0.05) is 49.0 Å². The number of non-ortho nitro benzene ring substituents is 1. The van der Waals surface area contributed by atoms with Crippen LogP contribution in [0.4, 0.5) is 11.4 Å². The van der Waals surface area contributed by atoms with Crippen molar-refractivity contribution >= 4 is 40.8 Å². The van der Waals surface area contributed by atoms with Gasteiger partial charge in [-0.05, 0) is 36.8 Å². The van der Waals surface area contributed by atoms with E-state index in [2.05, 4.69) is 15.2 Å². The Kier molecular flexibility index (Phi) is 6.97. The summed E-state index contributed by atoms with van der Waals surface area (Å²) in [6.45, 7) is 4.32. The number of nitro groups is 1. The van der Waals surface area contributed by atoms with Crippen LogP contribution in [-0.2, 0) is 14.3 Å². The number of piperazine rings is 1. The van der Waals surface area contributed by atoms with Crippen molar-refractivity contribution < 1.29 is 19.2 Å². The average Bonchev–Trinajstić information content (AvgIpc) is 2.84. The molecule has 10 nitrogen and oxygen atoms in total. The lowest BCUT2D eigenvalue weighted by molar-refractivity contribution is -0.384. The van der Waals surface area contributed by atoms with Gasteiger partial charge < -0.3 is 14.5 Å². The maximum Gasteiger partial charge on any atom is 0.321 e. The number of nitrogens with zero attached hydrogens (tertiary/aromatic N) is 4. The summed E-state index contributed by atoms with van der Waals surface area (Å²) in [5.74, 6) is -2.15. The van der Waals surface area contributed by atoms with Gasteiger partial charge in [-0.25, -0.2) is 4.99 Å². The fourth-order valence-electron chi connectivity index (χ4n) is 4.12. The smallest absolute Gasteiger partial charge is 0.321 e. The van der Waals surface area contributed by atoms with Crippen LogP contribution in [0.2, 0.25) is 5.02 Å². The molecule has 1 saturated heterocycles. The number of ether oxygens (including phenoxy) is 1. The fourth-order valence-corrected chi connectivity index (χ4v) is 4.24. The zero-order valence-electron chi connectivity index (χ0n) is 18.5. The van der Waals surface area contributed by atoms with Crippen molar-refractivity contribution in [3.8, 4) is 0 Å². The summed E-state index contributed by atoms with van der Waals surface area (Å²) in [6.07, 6.45) is 0. The normalized spacial score (nSPS) is 20.4. The molecular formula is C23H24ClN5O5. The Morgan fingerprint density at radius 1 is 1.18 bits per heavy atom. The molecule has 2 heterocycles. The topological polar surface area (TPSA) is 117 Å². The first kappa shape index (κ1) is 23.5. The molecule has 1 amide bonds. The van der Waals surface area contributed by atoms with Gasteiger partial charge in [-0.3, -0.25) is 25.0 Å². The molecule has 0 spiro atoms. The van der Waals surface area contributed by atoms with Gasteiger partial charge in [0.05, 0.1) is 11.5 Å². The molecular weight excluding hydrogens is 462 g/mol. The number of esters is 1. The van der Waals surface area contributed by atoms with Gasteiger partial charge >= 0.3 is 5.97 Å². The molecule has 34 heavy (non-hydrogen) atoms. The first-order valence-corrected chi connectivity index (χ1v) is 11.3. The third-order valence-electron chi connectivity index (χ3n) is 5.83. The third-order valence-corrected chi connectivity index (χ3v) is 6.08. The molecule has 2 atom stereocenters. The molecule has 0 radical (unpaired) electrons. The molecule has 1 fully saturated rings. The molecule has 2 aliphatic heterocycles. The van der Waals surface area contributed by atoms with Crippen LogP contribution in [0.15, 0.2) is 53.5 Å². The number of aliphatic imine (C=N–C) groups is 1. The summed E-state index contributed by atoms with van der Waals surface area (Å²) in [6, 6.07) is 12.5. The summed E-state index contributed by atoms with van der Waals surface area (Å²) >= 11 is 5.98. The molecule has 4 rings (SSSR count). The molecule has 2 aromatic carbocycles. The zero-order valence-corrected chi connectivity index (χ0v) is 19.3. The van der Waals surface area contributed by atoms with E-state index < -0.39 is 28.8 Å². The monoisotopic (exact) mass is 485 g/mol. The zero-order chi connectivity index (χ0) is 24.2. The van der Waals surface area contributed by atoms with Crippen LogP contribution in [-0.4, -0.2) is 60.4 Å². The van der Waals surface area contributed by atoms with E-state index >= 15 is 0 Å². The number of benzene rings is 2. The molecule has 0 bridgehead atoms. The highest BCUT2D eigenvalue weighted by Crippen LogP contribution is 2.33. The van der Waals surface area contributed by atoms with Crippen LogP contribution in [0.25, 0.3) is 0 Å². The second-order valence-electron chi connectivity index (χ2n) is 7.92. The summed E-state index contributed by atoms with van der Waals surface area (Å²) in [5, 5.41) is 14.7. The minimum atomic E-state index is -1.24. The van der Waals surface area contributed by atoms with Crippen LogP contribution in [0, 0.1) is 16.0 Å². The molecule has 178 valence electrons. The number of carbonyl (C=O) groups is 2. The first-order chi connectivity index (χ1) is 16.4. The SMILES string of the molecule is CCOC(=O)[C@@H]1C(=O)NC(N2CCN(c3ccc(Cl)cc3)CC2)=N[C@@H]1c1cccc([N+](=O)[O-])c1. The highest BCUT2D eigenvalue weighted by atomic mass is 35.5. The number of halogens is 1. The number of hydrogen-bond donors (Lipinski definition) is 1. The van der Waals surface area contributed by atoms with Gasteiger partial charge in [-0.2, -0.15) is 0 Å². The quantitative estimate of drug-likeness (QED) is 0.299. The largest absolute Gasteiger partial charge is 0.465 e. The molecule has 0 aromatic heterocycles. The minimum absolute atomic E-state index is 0.105. The highest BCUT2D eigenvalue weighted by Gasteiger charge is 2.42. The van der Waals surface area contributed by atoms with Gasteiger partial charge in [0.1, 0.15) is 6.04 Å². The van der Waals surface area contributed by atoms with E-state index in [1.165, 1.54) is 18.2 Å². The number of anilines is 1. The predicted octanol–water partition coefficient (Wildman–Crippen LogP) is 2.78. The van der Waals surface area contributed by atoms with Crippen LogP contribution in [0.3, 0.4) is 0 Å². The summed E-state index contributed by atoms with van der Waals surface area (Å²) in [4.78, 5) is 45.2. The van der Waals surface area contributed by atoms with Gasteiger partial charge in [0.2, 0.25) is 11.9 Å². The number of hydrogen-bond acceptors (Lipinski definition) is 8. The second-order valence-corrected chi connectivity index (χ2v) is 8.36. The van der Waals surface area contributed by atoms with Crippen molar-refractivity contribution in [1.82, 2.24) is 10.2 Å². The third kappa shape index (κ3) is 4.96. The van der Waals surface area contributed by atoms with Crippen LogP contribution < -0.4 is 10.2 Å². The number of amides is 1. The molecule has 2 aliphatic rings. The predicted molar refractivity (Wildman–Crippen MR) is 127 cm³/mol. The van der Waals surface area contributed by atoms with E-state index in [-0.39, 0.29) is 12.3 Å². The Morgan fingerprint density at radius 2 is 1.85 bits per heavy atom. The van der Waals surface area contributed by atoms with Gasteiger partial charge in [0.25, 0.3) is 5.69 Å². The number of nitrogens with one attached hydrogen (secondary N) is 1. The lowest BCUT2D eigenvalue weighted by Gasteiger charge is -2.39. The summed E-state index contributed by atoms with van der Waals surface area (Å²) in [5.41, 5.74) is 1.31. The first-order valence-electron chi connectivity index (χ1n) is 10.9. The lowest BCUT2D eigenvalue weighted by atomic mass is 9.91. The summed E-state index contributed by atoms with van der Waals surface area (Å²) in [7, 11) is 0. The maximum atomic E-state index is 13.0. The fraction of sp³-hybridized carbons (Fsp3) is 0.348. The van der Waals surface area contributed by atoms with Crippen LogP contribution >= 0.6 is 11.6 Å². The van der Waals surface area contributed by atoms with E-state index in [9.17, 15) is 19.7 Å². The van der Waals surface area contributed by atoms with Crippen molar-refractivity contribution in [3.63, 3.8) is 0 Å². The standard InChI is InChI=1S/C23H24ClN5O5/c1-2-34-22(31)19-20(15-4-3-5-18(14-15)29(32)33)25-23(26-21(19)30)28-12-10-27(11-13-28)17-8-6-16(24)7-9-17/h3-9,14,19-20H,2,10-13H2,1H3,(H,25,26,30)/t19-,20+/m0/s1. The van der Waals surface area contributed by atoms with Crippen molar-refractivity contribution in [2.75, 3.05) is 37.7 Å². The second kappa shape index (κ2) is 10.1. The van der Waals surface area contributed by atoms with Crippen LogP contribution in [0.5, 0.6) is 0 Å². The summed E-state index contributed by atoms with van der Waals surface area (Å²) < 4.78 is 5.10. The maximum absolute atomic E-state index is 13.0. The van der Waals surface area contributed by atoms with E-state index in [0.29, 0.717) is 42.7 Å². The molecule has 1 N–H and O–H groups in total.